The molecule has 0 amide bonds. The van der Waals surface area contributed by atoms with Crippen molar-refractivity contribution in [2.45, 2.75) is 6.54 Å². The average molecular weight is 343 g/mol. The molecule has 3 aromatic rings. The number of ether oxygens (including phenoxy) is 1. The highest BCUT2D eigenvalue weighted by Crippen LogP contribution is 2.28. The SMILES string of the molecule is COc1ccc(Nc2nncc(NCc3ccncc3)n2)cc1Cl. The van der Waals surface area contributed by atoms with Gasteiger partial charge in [0, 0.05) is 24.6 Å². The lowest BCUT2D eigenvalue weighted by Crippen LogP contribution is -2.05. The van der Waals surface area contributed by atoms with Crippen LogP contribution in [-0.4, -0.2) is 27.3 Å². The molecule has 0 aliphatic carbocycles. The Hall–Kier alpha value is -2.93. The summed E-state index contributed by atoms with van der Waals surface area (Å²) in [6, 6.07) is 9.19. The number of nitrogens with one attached hydrogen (secondary N) is 2. The molecular weight excluding hydrogens is 328 g/mol. The monoisotopic (exact) mass is 342 g/mol. The number of methoxy groups -OCH3 is 1. The van der Waals surface area contributed by atoms with Crippen molar-refractivity contribution < 1.29 is 4.74 Å². The zero-order valence-electron chi connectivity index (χ0n) is 12.9. The van der Waals surface area contributed by atoms with E-state index >= 15 is 0 Å². The number of halogens is 1. The Labute approximate surface area is 144 Å². The molecule has 122 valence electrons. The molecule has 7 nitrogen and oxygen atoms in total. The van der Waals surface area contributed by atoms with E-state index in [-0.39, 0.29) is 0 Å². The number of rotatable bonds is 6. The van der Waals surface area contributed by atoms with E-state index in [0.717, 1.165) is 11.3 Å². The van der Waals surface area contributed by atoms with Crippen molar-refractivity contribution in [1.29, 1.82) is 0 Å². The summed E-state index contributed by atoms with van der Waals surface area (Å²) in [6.45, 7) is 0.620. The Morgan fingerprint density at radius 2 is 2.00 bits per heavy atom. The maximum absolute atomic E-state index is 6.11. The molecule has 0 saturated heterocycles. The van der Waals surface area contributed by atoms with Crippen molar-refractivity contribution >= 4 is 29.1 Å². The molecule has 8 heteroatoms. The smallest absolute Gasteiger partial charge is 0.249 e. The van der Waals surface area contributed by atoms with Gasteiger partial charge in [0.2, 0.25) is 5.95 Å². The molecule has 2 aromatic heterocycles. The van der Waals surface area contributed by atoms with E-state index in [0.29, 0.717) is 29.1 Å². The van der Waals surface area contributed by atoms with E-state index < -0.39 is 0 Å². The highest BCUT2D eigenvalue weighted by molar-refractivity contribution is 6.32. The molecule has 0 saturated carbocycles. The van der Waals surface area contributed by atoms with E-state index in [4.69, 9.17) is 16.3 Å². The van der Waals surface area contributed by atoms with Crippen LogP contribution in [0, 0.1) is 0 Å². The van der Waals surface area contributed by atoms with Crippen molar-refractivity contribution in [2.75, 3.05) is 17.7 Å². The van der Waals surface area contributed by atoms with Gasteiger partial charge in [-0.05, 0) is 35.9 Å². The van der Waals surface area contributed by atoms with Crippen LogP contribution >= 0.6 is 11.6 Å². The van der Waals surface area contributed by atoms with Crippen LogP contribution in [-0.2, 0) is 6.54 Å². The Morgan fingerprint density at radius 3 is 2.75 bits per heavy atom. The van der Waals surface area contributed by atoms with Gasteiger partial charge < -0.3 is 15.4 Å². The second kappa shape index (κ2) is 7.56. The van der Waals surface area contributed by atoms with Crippen molar-refractivity contribution in [3.8, 4) is 5.75 Å². The number of anilines is 3. The third-order valence-corrected chi connectivity index (χ3v) is 3.49. The number of aromatic nitrogens is 4. The summed E-state index contributed by atoms with van der Waals surface area (Å²) >= 11 is 6.11. The van der Waals surface area contributed by atoms with Gasteiger partial charge in [-0.2, -0.15) is 10.1 Å². The summed E-state index contributed by atoms with van der Waals surface area (Å²) in [5.74, 6) is 1.59. The van der Waals surface area contributed by atoms with E-state index in [2.05, 4.69) is 30.8 Å². The van der Waals surface area contributed by atoms with Crippen molar-refractivity contribution in [2.24, 2.45) is 0 Å². The van der Waals surface area contributed by atoms with Gasteiger partial charge in [0.1, 0.15) is 5.75 Å². The van der Waals surface area contributed by atoms with Crippen LogP contribution in [0.2, 0.25) is 5.02 Å². The molecule has 0 unspecified atom stereocenters. The van der Waals surface area contributed by atoms with Gasteiger partial charge >= 0.3 is 0 Å². The van der Waals surface area contributed by atoms with E-state index in [1.54, 1.807) is 37.8 Å². The van der Waals surface area contributed by atoms with Gasteiger partial charge in [0.25, 0.3) is 0 Å². The van der Waals surface area contributed by atoms with Crippen molar-refractivity contribution in [1.82, 2.24) is 20.2 Å². The number of pyridine rings is 1. The van der Waals surface area contributed by atoms with E-state index in [1.807, 2.05) is 18.2 Å². The molecule has 0 fully saturated rings. The first-order valence-electron chi connectivity index (χ1n) is 7.17. The fourth-order valence-corrected chi connectivity index (χ4v) is 2.27. The molecule has 0 spiro atoms. The first-order chi connectivity index (χ1) is 11.7. The summed E-state index contributed by atoms with van der Waals surface area (Å²) in [4.78, 5) is 8.35. The second-order valence-electron chi connectivity index (χ2n) is 4.85. The van der Waals surface area contributed by atoms with Crippen LogP contribution in [0.15, 0.2) is 48.9 Å². The topological polar surface area (TPSA) is 84.9 Å². The lowest BCUT2D eigenvalue weighted by atomic mass is 10.3. The molecule has 0 radical (unpaired) electrons. The standard InChI is InChI=1S/C16H15ClN6O/c1-24-14-3-2-12(8-13(14)17)21-16-22-15(10-20-23-16)19-9-11-4-6-18-7-5-11/h2-8,10H,9H2,1H3,(H2,19,21,22,23). The number of nitrogens with zero attached hydrogens (tertiary/aromatic N) is 4. The minimum Gasteiger partial charge on any atom is -0.495 e. The minimum absolute atomic E-state index is 0.371. The van der Waals surface area contributed by atoms with Crippen LogP contribution < -0.4 is 15.4 Å². The molecule has 0 atom stereocenters. The highest BCUT2D eigenvalue weighted by Gasteiger charge is 2.05. The maximum Gasteiger partial charge on any atom is 0.249 e. The van der Waals surface area contributed by atoms with Crippen LogP contribution in [0.1, 0.15) is 5.56 Å². The lowest BCUT2D eigenvalue weighted by molar-refractivity contribution is 0.415. The highest BCUT2D eigenvalue weighted by atomic mass is 35.5. The van der Waals surface area contributed by atoms with E-state index in [1.165, 1.54) is 0 Å². The predicted molar refractivity (Wildman–Crippen MR) is 92.7 cm³/mol. The summed E-state index contributed by atoms with van der Waals surface area (Å²) in [5, 5.41) is 14.7. The fraction of sp³-hybridized carbons (Fsp3) is 0.125. The fourth-order valence-electron chi connectivity index (χ4n) is 2.01. The zero-order chi connectivity index (χ0) is 16.8. The summed E-state index contributed by atoms with van der Waals surface area (Å²) in [7, 11) is 1.57. The van der Waals surface area contributed by atoms with Gasteiger partial charge in [-0.3, -0.25) is 4.98 Å². The largest absolute Gasteiger partial charge is 0.495 e. The Balaban J connectivity index is 1.67. The maximum atomic E-state index is 6.11. The van der Waals surface area contributed by atoms with Gasteiger partial charge in [-0.25, -0.2) is 0 Å². The summed E-state index contributed by atoms with van der Waals surface area (Å²) in [5.41, 5.74) is 1.84. The Kier molecular flexibility index (Phi) is 5.02. The molecule has 0 aliphatic rings. The molecule has 2 N–H and O–H groups in total. The van der Waals surface area contributed by atoms with Gasteiger partial charge in [0.15, 0.2) is 5.82 Å². The van der Waals surface area contributed by atoms with Crippen molar-refractivity contribution in [3.63, 3.8) is 0 Å². The molecule has 24 heavy (non-hydrogen) atoms. The Bertz CT molecular complexity index is 815. The predicted octanol–water partition coefficient (Wildman–Crippen LogP) is 3.28. The van der Waals surface area contributed by atoms with Crippen LogP contribution in [0.25, 0.3) is 0 Å². The third kappa shape index (κ3) is 4.08. The van der Waals surface area contributed by atoms with Gasteiger partial charge in [0.05, 0.1) is 18.3 Å². The van der Waals surface area contributed by atoms with Gasteiger partial charge in [-0.15, -0.1) is 5.10 Å². The van der Waals surface area contributed by atoms with Crippen LogP contribution in [0.3, 0.4) is 0 Å². The molecular formula is C16H15ClN6O. The molecule has 2 heterocycles. The zero-order valence-corrected chi connectivity index (χ0v) is 13.7. The lowest BCUT2D eigenvalue weighted by Gasteiger charge is -2.09. The quantitative estimate of drug-likeness (QED) is 0.711. The Morgan fingerprint density at radius 1 is 1.17 bits per heavy atom. The molecule has 0 bridgehead atoms. The second-order valence-corrected chi connectivity index (χ2v) is 5.26. The third-order valence-electron chi connectivity index (χ3n) is 3.19. The van der Waals surface area contributed by atoms with Crippen LogP contribution in [0.4, 0.5) is 17.5 Å². The minimum atomic E-state index is 0.371. The number of benzene rings is 1. The van der Waals surface area contributed by atoms with E-state index in [9.17, 15) is 0 Å². The summed E-state index contributed by atoms with van der Waals surface area (Å²) < 4.78 is 5.13. The normalized spacial score (nSPS) is 10.2. The molecule has 0 aliphatic heterocycles. The molecule has 1 aromatic carbocycles. The van der Waals surface area contributed by atoms with Crippen LogP contribution in [0.5, 0.6) is 5.75 Å². The number of hydrogen-bond donors (Lipinski definition) is 2. The average Bonchev–Trinajstić information content (AvgIpc) is 2.61. The van der Waals surface area contributed by atoms with Gasteiger partial charge in [-0.1, -0.05) is 11.6 Å². The molecule has 3 rings (SSSR count). The number of hydrogen-bond acceptors (Lipinski definition) is 7. The first-order valence-corrected chi connectivity index (χ1v) is 7.55. The first kappa shape index (κ1) is 15.9. The summed E-state index contributed by atoms with van der Waals surface area (Å²) in [6.07, 6.45) is 5.05. The van der Waals surface area contributed by atoms with Crippen molar-refractivity contribution in [3.05, 3.63) is 59.5 Å².